The van der Waals surface area contributed by atoms with E-state index in [0.29, 0.717) is 5.69 Å². The zero-order chi connectivity index (χ0) is 13.3. The monoisotopic (exact) mass is 311 g/mol. The van der Waals surface area contributed by atoms with Crippen molar-refractivity contribution in [3.63, 3.8) is 0 Å². The molecular weight excluding hydrogens is 297 g/mol. The fourth-order valence-electron chi connectivity index (χ4n) is 1.75. The van der Waals surface area contributed by atoms with E-state index in [4.69, 9.17) is 0 Å². The molecule has 1 N–H and O–H groups in total. The Labute approximate surface area is 114 Å². The third-order valence-corrected chi connectivity index (χ3v) is 3.57. The Morgan fingerprint density at radius 1 is 1.39 bits per heavy atom. The molecule has 1 aromatic heterocycles. The molecule has 0 aliphatic heterocycles. The molecule has 0 saturated heterocycles. The van der Waals surface area contributed by atoms with Gasteiger partial charge >= 0.3 is 0 Å². The molecule has 96 valence electrons. The highest BCUT2D eigenvalue weighted by Crippen LogP contribution is 2.25. The Morgan fingerprint density at radius 3 is 2.72 bits per heavy atom. The van der Waals surface area contributed by atoms with Gasteiger partial charge in [-0.25, -0.2) is 9.37 Å². The first-order valence-corrected chi connectivity index (χ1v) is 6.42. The standard InChI is InChI=1S/C13H15BrFN3/c1-13(2,16-3)12-7-17-8-18(12)11-5-4-9(14)6-10(11)15/h4-8,16H,1-3H3. The molecule has 3 nitrogen and oxygen atoms in total. The lowest BCUT2D eigenvalue weighted by atomic mass is 10.0. The Morgan fingerprint density at radius 2 is 2.11 bits per heavy atom. The summed E-state index contributed by atoms with van der Waals surface area (Å²) in [5.41, 5.74) is 1.12. The minimum atomic E-state index is -0.282. The highest BCUT2D eigenvalue weighted by molar-refractivity contribution is 9.10. The third kappa shape index (κ3) is 2.33. The molecule has 0 spiro atoms. The summed E-state index contributed by atoms with van der Waals surface area (Å²) in [6.45, 7) is 4.05. The molecule has 2 rings (SSSR count). The molecule has 0 bridgehead atoms. The Balaban J connectivity index is 2.56. The van der Waals surface area contributed by atoms with Crippen LogP contribution in [0, 0.1) is 5.82 Å². The quantitative estimate of drug-likeness (QED) is 0.943. The zero-order valence-electron chi connectivity index (χ0n) is 10.5. The van der Waals surface area contributed by atoms with E-state index in [0.717, 1.165) is 10.2 Å². The molecule has 18 heavy (non-hydrogen) atoms. The molecule has 0 radical (unpaired) electrons. The van der Waals surface area contributed by atoms with Gasteiger partial charge in [0.15, 0.2) is 0 Å². The lowest BCUT2D eigenvalue weighted by Crippen LogP contribution is -2.35. The number of imidazole rings is 1. The van der Waals surface area contributed by atoms with Gasteiger partial charge in [-0.1, -0.05) is 15.9 Å². The van der Waals surface area contributed by atoms with E-state index in [1.807, 2.05) is 27.0 Å². The second-order valence-electron chi connectivity index (χ2n) is 4.62. The maximum Gasteiger partial charge on any atom is 0.148 e. The molecule has 0 aliphatic rings. The Bertz CT molecular complexity index is 563. The van der Waals surface area contributed by atoms with Crippen molar-refractivity contribution in [3.8, 4) is 5.69 Å². The average molecular weight is 312 g/mol. The van der Waals surface area contributed by atoms with E-state index in [2.05, 4.69) is 26.2 Å². The van der Waals surface area contributed by atoms with E-state index in [9.17, 15) is 4.39 Å². The van der Waals surface area contributed by atoms with Gasteiger partial charge in [0, 0.05) is 4.47 Å². The summed E-state index contributed by atoms with van der Waals surface area (Å²) in [7, 11) is 1.87. The van der Waals surface area contributed by atoms with Crippen LogP contribution in [0.1, 0.15) is 19.5 Å². The molecule has 2 aromatic rings. The largest absolute Gasteiger partial charge is 0.310 e. The molecular formula is C13H15BrFN3. The fourth-order valence-corrected chi connectivity index (χ4v) is 2.09. The lowest BCUT2D eigenvalue weighted by molar-refractivity contribution is 0.423. The number of benzene rings is 1. The normalized spacial score (nSPS) is 11.8. The van der Waals surface area contributed by atoms with Crippen molar-refractivity contribution in [3.05, 3.63) is 46.7 Å². The van der Waals surface area contributed by atoms with Crippen LogP contribution < -0.4 is 5.32 Å². The third-order valence-electron chi connectivity index (χ3n) is 3.07. The SMILES string of the molecule is CNC(C)(C)c1cncn1-c1ccc(Br)cc1F. The first-order valence-electron chi connectivity index (χ1n) is 5.63. The van der Waals surface area contributed by atoms with Crippen molar-refractivity contribution in [2.24, 2.45) is 0 Å². The Kier molecular flexibility index (Phi) is 3.54. The average Bonchev–Trinajstić information content (AvgIpc) is 2.78. The number of nitrogens with zero attached hydrogens (tertiary/aromatic N) is 2. The maximum absolute atomic E-state index is 14.0. The molecule has 0 aliphatic carbocycles. The second kappa shape index (κ2) is 4.82. The summed E-state index contributed by atoms with van der Waals surface area (Å²) < 4.78 is 16.5. The van der Waals surface area contributed by atoms with Crippen LogP contribution in [0.5, 0.6) is 0 Å². The van der Waals surface area contributed by atoms with Crippen LogP contribution in [0.4, 0.5) is 4.39 Å². The van der Waals surface area contributed by atoms with Gasteiger partial charge in [0.1, 0.15) is 5.82 Å². The van der Waals surface area contributed by atoms with Crippen LogP contribution in [0.2, 0.25) is 0 Å². The summed E-state index contributed by atoms with van der Waals surface area (Å²) in [5, 5.41) is 3.19. The van der Waals surface area contributed by atoms with Crippen LogP contribution in [0.25, 0.3) is 5.69 Å². The van der Waals surface area contributed by atoms with E-state index >= 15 is 0 Å². The van der Waals surface area contributed by atoms with E-state index in [1.54, 1.807) is 23.2 Å². The van der Waals surface area contributed by atoms with Gasteiger partial charge in [-0.3, -0.25) is 4.57 Å². The fraction of sp³-hybridized carbons (Fsp3) is 0.308. The van der Waals surface area contributed by atoms with Gasteiger partial charge in [0.2, 0.25) is 0 Å². The van der Waals surface area contributed by atoms with Gasteiger partial charge < -0.3 is 5.32 Å². The summed E-state index contributed by atoms with van der Waals surface area (Å²) in [5.74, 6) is -0.282. The number of nitrogens with one attached hydrogen (secondary N) is 1. The van der Waals surface area contributed by atoms with Crippen LogP contribution >= 0.6 is 15.9 Å². The molecule has 0 fully saturated rings. The molecule has 1 heterocycles. The molecule has 0 amide bonds. The van der Waals surface area contributed by atoms with Crippen LogP contribution in [-0.4, -0.2) is 16.6 Å². The van der Waals surface area contributed by atoms with Crippen molar-refractivity contribution < 1.29 is 4.39 Å². The first kappa shape index (κ1) is 13.2. The predicted molar refractivity (Wildman–Crippen MR) is 73.3 cm³/mol. The van der Waals surface area contributed by atoms with Gasteiger partial charge in [0.05, 0.1) is 29.4 Å². The molecule has 0 atom stereocenters. The van der Waals surface area contributed by atoms with Gasteiger partial charge in [-0.15, -0.1) is 0 Å². The smallest absolute Gasteiger partial charge is 0.148 e. The minimum absolute atomic E-state index is 0.282. The summed E-state index contributed by atoms with van der Waals surface area (Å²) in [4.78, 5) is 4.12. The van der Waals surface area contributed by atoms with E-state index in [-0.39, 0.29) is 11.4 Å². The maximum atomic E-state index is 14.0. The number of hydrogen-bond acceptors (Lipinski definition) is 2. The van der Waals surface area contributed by atoms with Crippen LogP contribution in [-0.2, 0) is 5.54 Å². The second-order valence-corrected chi connectivity index (χ2v) is 5.54. The minimum Gasteiger partial charge on any atom is -0.310 e. The first-order chi connectivity index (χ1) is 8.45. The number of hydrogen-bond donors (Lipinski definition) is 1. The molecule has 0 saturated carbocycles. The number of rotatable bonds is 3. The van der Waals surface area contributed by atoms with Gasteiger partial charge in [-0.05, 0) is 39.1 Å². The zero-order valence-corrected chi connectivity index (χ0v) is 12.1. The highest BCUT2D eigenvalue weighted by atomic mass is 79.9. The topological polar surface area (TPSA) is 29.9 Å². The number of aromatic nitrogens is 2. The van der Waals surface area contributed by atoms with Crippen molar-refractivity contribution in [2.45, 2.75) is 19.4 Å². The Hall–Kier alpha value is -1.20. The van der Waals surface area contributed by atoms with E-state index < -0.39 is 0 Å². The van der Waals surface area contributed by atoms with Crippen molar-refractivity contribution >= 4 is 15.9 Å². The van der Waals surface area contributed by atoms with Crippen LogP contribution in [0.3, 0.4) is 0 Å². The predicted octanol–water partition coefficient (Wildman–Crippen LogP) is 3.23. The molecule has 5 heteroatoms. The number of halogens is 2. The summed E-state index contributed by atoms with van der Waals surface area (Å²) in [6.07, 6.45) is 3.37. The lowest BCUT2D eigenvalue weighted by Gasteiger charge is -2.25. The molecule has 1 aromatic carbocycles. The van der Waals surface area contributed by atoms with Gasteiger partial charge in [-0.2, -0.15) is 0 Å². The highest BCUT2D eigenvalue weighted by Gasteiger charge is 2.23. The summed E-state index contributed by atoms with van der Waals surface area (Å²) in [6, 6.07) is 5.00. The summed E-state index contributed by atoms with van der Waals surface area (Å²) >= 11 is 3.25. The van der Waals surface area contributed by atoms with Crippen LogP contribution in [0.15, 0.2) is 35.2 Å². The van der Waals surface area contributed by atoms with Crippen molar-refractivity contribution in [1.29, 1.82) is 0 Å². The van der Waals surface area contributed by atoms with Crippen molar-refractivity contribution in [1.82, 2.24) is 14.9 Å². The van der Waals surface area contributed by atoms with Gasteiger partial charge in [0.25, 0.3) is 0 Å². The van der Waals surface area contributed by atoms with E-state index in [1.165, 1.54) is 6.07 Å². The molecule has 0 unspecified atom stereocenters. The van der Waals surface area contributed by atoms with Crippen molar-refractivity contribution in [2.75, 3.05) is 7.05 Å².